The lowest BCUT2D eigenvalue weighted by Gasteiger charge is -2.24. The van der Waals surface area contributed by atoms with E-state index in [9.17, 15) is 9.59 Å². The second kappa shape index (κ2) is 12.3. The van der Waals surface area contributed by atoms with E-state index in [-0.39, 0.29) is 12.5 Å². The van der Waals surface area contributed by atoms with E-state index in [0.29, 0.717) is 9.23 Å². The molecule has 172 valence electrons. The first-order valence-corrected chi connectivity index (χ1v) is 13.7. The predicted molar refractivity (Wildman–Crippen MR) is 134 cm³/mol. The van der Waals surface area contributed by atoms with Crippen LogP contribution in [0.2, 0.25) is 0 Å². The number of thioether (sulfide) groups is 2. The largest absolute Gasteiger partial charge is 0.480 e. The average molecular weight is 483 g/mol. The molecule has 2 heterocycles. The number of carbonyl (C=O) groups excluding carboxylic acids is 1. The predicted octanol–water partition coefficient (Wildman–Crippen LogP) is 6.47. The van der Waals surface area contributed by atoms with Crippen LogP contribution in [0.4, 0.5) is 0 Å². The molecule has 1 aliphatic carbocycles. The lowest BCUT2D eigenvalue weighted by Crippen LogP contribution is -2.33. The molecule has 0 aromatic heterocycles. The summed E-state index contributed by atoms with van der Waals surface area (Å²) < 4.78 is 0.349. The van der Waals surface area contributed by atoms with E-state index in [1.807, 2.05) is 0 Å². The van der Waals surface area contributed by atoms with Crippen LogP contribution in [0.3, 0.4) is 0 Å². The monoisotopic (exact) mass is 482 g/mol. The quantitative estimate of drug-likeness (QED) is 0.183. The fraction of sp³-hybridized carbons (Fsp3) is 0.696. The van der Waals surface area contributed by atoms with E-state index >= 15 is 0 Å². The van der Waals surface area contributed by atoms with Gasteiger partial charge in [-0.2, -0.15) is 0 Å². The number of unbranched alkanes of at least 4 members (excludes halogenated alkanes) is 9. The SMILES string of the molecule is CCCCCCCCCCCCN1C2=C(CCC2)S/C1=C1/SC(=S)N(CC(=O)O)C1=O. The maximum Gasteiger partial charge on any atom is 0.323 e. The third-order valence-corrected chi connectivity index (χ3v) is 8.87. The van der Waals surface area contributed by atoms with Crippen LogP contribution in [0.1, 0.15) is 90.4 Å². The maximum absolute atomic E-state index is 12.9. The summed E-state index contributed by atoms with van der Waals surface area (Å²) in [4.78, 5) is 29.5. The molecule has 3 aliphatic rings. The first kappa shape index (κ1) is 24.6. The second-order valence-electron chi connectivity index (χ2n) is 8.45. The molecule has 1 amide bonds. The summed E-state index contributed by atoms with van der Waals surface area (Å²) in [6.07, 6.45) is 16.4. The van der Waals surface area contributed by atoms with Crippen molar-refractivity contribution in [3.63, 3.8) is 0 Å². The molecule has 2 aliphatic heterocycles. The molecule has 0 unspecified atom stereocenters. The molecule has 0 atom stereocenters. The highest BCUT2D eigenvalue weighted by atomic mass is 32.2. The Morgan fingerprint density at radius 2 is 1.61 bits per heavy atom. The molecular weight excluding hydrogens is 448 g/mol. The topological polar surface area (TPSA) is 60.9 Å². The smallest absolute Gasteiger partial charge is 0.323 e. The van der Waals surface area contributed by atoms with Crippen LogP contribution < -0.4 is 0 Å². The number of carboxylic acid groups (broad SMARTS) is 1. The van der Waals surface area contributed by atoms with Crippen LogP contribution in [-0.4, -0.2) is 44.2 Å². The number of hydrogen-bond acceptors (Lipinski definition) is 6. The molecule has 5 nitrogen and oxygen atoms in total. The van der Waals surface area contributed by atoms with Crippen molar-refractivity contribution in [2.24, 2.45) is 0 Å². The van der Waals surface area contributed by atoms with Gasteiger partial charge in [0.05, 0.1) is 5.03 Å². The molecule has 0 aromatic carbocycles. The highest BCUT2D eigenvalue weighted by Crippen LogP contribution is 2.52. The molecule has 0 spiro atoms. The van der Waals surface area contributed by atoms with E-state index in [2.05, 4.69) is 11.8 Å². The normalized spacial score (nSPS) is 21.1. The fourth-order valence-electron chi connectivity index (χ4n) is 4.35. The number of carbonyl (C=O) groups is 2. The number of nitrogens with zero attached hydrogens (tertiary/aromatic N) is 2. The van der Waals surface area contributed by atoms with Gasteiger partial charge in [0.25, 0.3) is 5.91 Å². The zero-order valence-corrected chi connectivity index (χ0v) is 20.9. The minimum absolute atomic E-state index is 0.255. The zero-order chi connectivity index (χ0) is 22.2. The molecule has 1 fully saturated rings. The van der Waals surface area contributed by atoms with Gasteiger partial charge in [-0.1, -0.05) is 100 Å². The van der Waals surface area contributed by atoms with Crippen molar-refractivity contribution in [1.29, 1.82) is 0 Å². The Morgan fingerprint density at radius 3 is 2.26 bits per heavy atom. The van der Waals surface area contributed by atoms with Gasteiger partial charge in [0.15, 0.2) is 0 Å². The number of thiocarbonyl (C=S) groups is 1. The molecule has 0 radical (unpaired) electrons. The van der Waals surface area contributed by atoms with Crippen molar-refractivity contribution in [3.8, 4) is 0 Å². The van der Waals surface area contributed by atoms with Crippen molar-refractivity contribution in [2.75, 3.05) is 13.1 Å². The molecule has 0 bridgehead atoms. The van der Waals surface area contributed by atoms with Crippen LogP contribution in [0.5, 0.6) is 0 Å². The number of rotatable bonds is 13. The van der Waals surface area contributed by atoms with Gasteiger partial charge >= 0.3 is 5.97 Å². The third-order valence-electron chi connectivity index (χ3n) is 6.00. The van der Waals surface area contributed by atoms with Crippen molar-refractivity contribution in [1.82, 2.24) is 9.80 Å². The number of allylic oxidation sites excluding steroid dienone is 2. The van der Waals surface area contributed by atoms with Gasteiger partial charge in [-0.05, 0) is 25.7 Å². The summed E-state index contributed by atoms with van der Waals surface area (Å²) >= 11 is 8.26. The Labute approximate surface area is 200 Å². The summed E-state index contributed by atoms with van der Waals surface area (Å²) in [6.45, 7) is 2.82. The summed E-state index contributed by atoms with van der Waals surface area (Å²) in [5.74, 6) is -1.29. The van der Waals surface area contributed by atoms with Gasteiger partial charge < -0.3 is 10.0 Å². The Balaban J connectivity index is 1.52. The Morgan fingerprint density at radius 1 is 0.968 bits per heavy atom. The average Bonchev–Trinajstić information content (AvgIpc) is 3.39. The number of carboxylic acids is 1. The molecule has 0 saturated carbocycles. The number of amides is 1. The van der Waals surface area contributed by atoms with E-state index in [0.717, 1.165) is 30.8 Å². The zero-order valence-electron chi connectivity index (χ0n) is 18.5. The molecule has 31 heavy (non-hydrogen) atoms. The molecule has 1 saturated heterocycles. The Hall–Kier alpha value is -0.990. The van der Waals surface area contributed by atoms with E-state index in [1.54, 1.807) is 11.8 Å². The van der Waals surface area contributed by atoms with Gasteiger partial charge in [-0.25, -0.2) is 0 Å². The van der Waals surface area contributed by atoms with Crippen molar-refractivity contribution in [3.05, 3.63) is 20.5 Å². The standard InChI is InChI=1S/C23H34N2O3S3/c1-2-3-4-5-6-7-8-9-10-11-15-24-17-13-12-14-18(17)30-22(24)20-21(28)25(16-19(26)27)23(29)31-20/h2-16H2,1H3,(H,26,27)/b22-20+. The highest BCUT2D eigenvalue weighted by molar-refractivity contribution is 8.27. The first-order valence-electron chi connectivity index (χ1n) is 11.7. The Kier molecular flexibility index (Phi) is 9.78. The molecule has 0 aromatic rings. The van der Waals surface area contributed by atoms with Crippen molar-refractivity contribution < 1.29 is 14.7 Å². The molecule has 3 rings (SSSR count). The summed E-state index contributed by atoms with van der Waals surface area (Å²) in [5, 5.41) is 10.1. The number of aliphatic carboxylic acids is 1. The van der Waals surface area contributed by atoms with E-state index in [4.69, 9.17) is 17.3 Å². The first-order chi connectivity index (χ1) is 15.0. The van der Waals surface area contributed by atoms with Crippen molar-refractivity contribution >= 4 is 51.9 Å². The molecule has 1 N–H and O–H groups in total. The lowest BCUT2D eigenvalue weighted by molar-refractivity contribution is -0.140. The summed E-state index contributed by atoms with van der Waals surface area (Å²) in [7, 11) is 0. The van der Waals surface area contributed by atoms with Gasteiger partial charge in [0.2, 0.25) is 0 Å². The fourth-order valence-corrected chi connectivity index (χ4v) is 7.13. The molecule has 8 heteroatoms. The number of hydrogen-bond donors (Lipinski definition) is 1. The molecular formula is C23H34N2O3S3. The lowest BCUT2D eigenvalue weighted by atomic mass is 10.1. The van der Waals surface area contributed by atoms with Crippen molar-refractivity contribution in [2.45, 2.75) is 90.4 Å². The maximum atomic E-state index is 12.9. The van der Waals surface area contributed by atoms with Crippen LogP contribution in [0.25, 0.3) is 0 Å². The Bertz CT molecular complexity index is 763. The van der Waals surface area contributed by atoms with Crippen LogP contribution >= 0.6 is 35.7 Å². The van der Waals surface area contributed by atoms with E-state index in [1.165, 1.54) is 91.5 Å². The van der Waals surface area contributed by atoms with Gasteiger partial charge in [-0.3, -0.25) is 14.5 Å². The van der Waals surface area contributed by atoms with E-state index < -0.39 is 5.97 Å². The van der Waals surface area contributed by atoms with Crippen LogP contribution in [0.15, 0.2) is 20.5 Å². The van der Waals surface area contributed by atoms with Gasteiger partial charge in [-0.15, -0.1) is 0 Å². The summed E-state index contributed by atoms with van der Waals surface area (Å²) in [6, 6.07) is 0. The minimum atomic E-state index is -1.04. The van der Waals surface area contributed by atoms with Gasteiger partial charge in [0.1, 0.15) is 15.8 Å². The highest BCUT2D eigenvalue weighted by Gasteiger charge is 2.41. The van der Waals surface area contributed by atoms with Crippen LogP contribution in [0, 0.1) is 0 Å². The third kappa shape index (κ3) is 6.51. The van der Waals surface area contributed by atoms with Gasteiger partial charge in [0, 0.05) is 17.1 Å². The minimum Gasteiger partial charge on any atom is -0.480 e. The van der Waals surface area contributed by atoms with Crippen LogP contribution in [-0.2, 0) is 9.59 Å². The second-order valence-corrected chi connectivity index (χ2v) is 11.2. The summed E-state index contributed by atoms with van der Waals surface area (Å²) in [5.41, 5.74) is 1.37.